The molecule has 1 aromatic rings. The molecule has 0 unspecified atom stereocenters. The van der Waals surface area contributed by atoms with Gasteiger partial charge in [0.15, 0.2) is 6.61 Å². The molecule has 0 N–H and O–H groups in total. The zero-order valence-electron chi connectivity index (χ0n) is 8.68. The van der Waals surface area contributed by atoms with Gasteiger partial charge in [0, 0.05) is 0 Å². The number of carbonyl (C=O) groups excluding carboxylic acids is 1. The number of hydrogen-bond acceptors (Lipinski definition) is 3. The Hall–Kier alpha value is -0.990. The van der Waals surface area contributed by atoms with Crippen LogP contribution in [0, 0.1) is 3.57 Å². The maximum absolute atomic E-state index is 12.0. The molecule has 0 atom stereocenters. The molecule has 0 fully saturated rings. The van der Waals surface area contributed by atoms with Crippen LogP contribution in [-0.4, -0.2) is 25.9 Å². The molecule has 3 nitrogen and oxygen atoms in total. The molecule has 7 heteroatoms. The zero-order valence-corrected chi connectivity index (χ0v) is 10.8. The normalized spacial score (nSPS) is 11.1. The first-order valence-corrected chi connectivity index (χ1v) is 5.49. The number of rotatable bonds is 3. The minimum absolute atomic E-state index is 0.00539. The average Bonchev–Trinajstić information content (AvgIpc) is 2.26. The minimum atomic E-state index is -4.41. The molecule has 0 radical (unpaired) electrons. The van der Waals surface area contributed by atoms with Crippen LogP contribution in [0.5, 0.6) is 5.75 Å². The van der Waals surface area contributed by atoms with Gasteiger partial charge in [-0.05, 0) is 40.8 Å². The number of carbonyl (C=O) groups is 1. The van der Waals surface area contributed by atoms with E-state index in [2.05, 4.69) is 9.47 Å². The molecular formula is C10H8F3IO3. The maximum Gasteiger partial charge on any atom is 0.422 e. The quantitative estimate of drug-likeness (QED) is 0.614. The molecule has 0 bridgehead atoms. The van der Waals surface area contributed by atoms with E-state index >= 15 is 0 Å². The third-order valence-corrected chi connectivity index (χ3v) is 2.63. The van der Waals surface area contributed by atoms with Gasteiger partial charge >= 0.3 is 12.1 Å². The fraction of sp³-hybridized carbons (Fsp3) is 0.300. The average molecular weight is 360 g/mol. The number of ether oxygens (including phenoxy) is 2. The molecule has 94 valence electrons. The van der Waals surface area contributed by atoms with Crippen molar-refractivity contribution in [1.29, 1.82) is 0 Å². The van der Waals surface area contributed by atoms with Gasteiger partial charge in [-0.25, -0.2) is 4.79 Å². The van der Waals surface area contributed by atoms with Crippen LogP contribution in [0.25, 0.3) is 0 Å². The van der Waals surface area contributed by atoms with E-state index in [0.29, 0.717) is 3.57 Å². The Kier molecular flexibility index (Phi) is 4.61. The van der Waals surface area contributed by atoms with E-state index in [4.69, 9.17) is 0 Å². The van der Waals surface area contributed by atoms with Crippen molar-refractivity contribution in [2.75, 3.05) is 13.7 Å². The van der Waals surface area contributed by atoms with E-state index in [1.165, 1.54) is 25.3 Å². The van der Waals surface area contributed by atoms with Gasteiger partial charge in [0.1, 0.15) is 5.75 Å². The van der Waals surface area contributed by atoms with Gasteiger partial charge in [0.2, 0.25) is 0 Å². The first-order valence-electron chi connectivity index (χ1n) is 4.41. The topological polar surface area (TPSA) is 35.5 Å². The number of esters is 1. The Labute approximate surface area is 109 Å². The van der Waals surface area contributed by atoms with Crippen LogP contribution in [0.1, 0.15) is 10.4 Å². The third kappa shape index (κ3) is 4.41. The largest absolute Gasteiger partial charge is 0.483 e. The maximum atomic E-state index is 12.0. The molecule has 0 saturated carbocycles. The minimum Gasteiger partial charge on any atom is -0.483 e. The fourth-order valence-corrected chi connectivity index (χ4v) is 1.51. The predicted molar refractivity (Wildman–Crippen MR) is 62.0 cm³/mol. The molecule has 1 rings (SSSR count). The van der Waals surface area contributed by atoms with E-state index < -0.39 is 18.8 Å². The van der Waals surface area contributed by atoms with Gasteiger partial charge in [0.05, 0.1) is 16.2 Å². The summed E-state index contributed by atoms with van der Waals surface area (Å²) in [7, 11) is 1.19. The Morgan fingerprint density at radius 1 is 1.41 bits per heavy atom. The highest BCUT2D eigenvalue weighted by atomic mass is 127. The molecule has 0 saturated heterocycles. The van der Waals surface area contributed by atoms with E-state index in [1.54, 1.807) is 0 Å². The second-order valence-electron chi connectivity index (χ2n) is 3.04. The Balaban J connectivity index is 2.87. The molecule has 0 aliphatic rings. The van der Waals surface area contributed by atoms with E-state index in [-0.39, 0.29) is 11.3 Å². The summed E-state index contributed by atoms with van der Waals surface area (Å²) in [6.07, 6.45) is -4.41. The van der Waals surface area contributed by atoms with Crippen molar-refractivity contribution in [2.45, 2.75) is 6.18 Å². The smallest absolute Gasteiger partial charge is 0.422 e. The number of hydrogen-bond donors (Lipinski definition) is 0. The zero-order chi connectivity index (χ0) is 13.1. The van der Waals surface area contributed by atoms with Crippen LogP contribution < -0.4 is 4.74 Å². The molecule has 0 aromatic heterocycles. The van der Waals surface area contributed by atoms with Crippen LogP contribution in [0.2, 0.25) is 0 Å². The SMILES string of the molecule is COC(=O)c1ccc(I)c(OCC(F)(F)F)c1. The lowest BCUT2D eigenvalue weighted by atomic mass is 10.2. The Bertz CT molecular complexity index is 418. The van der Waals surface area contributed by atoms with Crippen molar-refractivity contribution in [3.63, 3.8) is 0 Å². The monoisotopic (exact) mass is 360 g/mol. The molecule has 0 amide bonds. The third-order valence-electron chi connectivity index (χ3n) is 1.74. The van der Waals surface area contributed by atoms with Crippen molar-refractivity contribution >= 4 is 28.6 Å². The summed E-state index contributed by atoms with van der Waals surface area (Å²) >= 11 is 1.82. The van der Waals surface area contributed by atoms with E-state index in [1.807, 2.05) is 22.6 Å². The lowest BCUT2D eigenvalue weighted by Crippen LogP contribution is -2.19. The Morgan fingerprint density at radius 3 is 2.59 bits per heavy atom. The highest BCUT2D eigenvalue weighted by molar-refractivity contribution is 14.1. The van der Waals surface area contributed by atoms with E-state index in [0.717, 1.165) is 0 Å². The summed E-state index contributed by atoms with van der Waals surface area (Å²) in [4.78, 5) is 11.2. The summed E-state index contributed by atoms with van der Waals surface area (Å²) in [6, 6.07) is 4.16. The molecule has 0 aliphatic heterocycles. The molecule has 0 aliphatic carbocycles. The number of alkyl halides is 3. The summed E-state index contributed by atoms with van der Waals surface area (Å²) in [5, 5.41) is 0. The first kappa shape index (κ1) is 14.1. The molecule has 0 heterocycles. The number of halogens is 4. The summed E-state index contributed by atoms with van der Waals surface area (Å²) in [5.74, 6) is -0.621. The van der Waals surface area contributed by atoms with Crippen LogP contribution in [-0.2, 0) is 4.74 Å². The van der Waals surface area contributed by atoms with Crippen molar-refractivity contribution in [3.05, 3.63) is 27.3 Å². The van der Waals surface area contributed by atoms with E-state index in [9.17, 15) is 18.0 Å². The summed E-state index contributed by atoms with van der Waals surface area (Å²) in [6.45, 7) is -1.40. The van der Waals surface area contributed by atoms with Crippen LogP contribution in [0.3, 0.4) is 0 Å². The second kappa shape index (κ2) is 5.56. The number of methoxy groups -OCH3 is 1. The highest BCUT2D eigenvalue weighted by Gasteiger charge is 2.28. The van der Waals surface area contributed by atoms with Crippen molar-refractivity contribution < 1.29 is 27.4 Å². The predicted octanol–water partition coefficient (Wildman–Crippen LogP) is 3.02. The molecule has 17 heavy (non-hydrogen) atoms. The summed E-state index contributed by atoms with van der Waals surface area (Å²) < 4.78 is 45.5. The van der Waals surface area contributed by atoms with Gasteiger partial charge in [-0.3, -0.25) is 0 Å². The van der Waals surface area contributed by atoms with Crippen LogP contribution >= 0.6 is 22.6 Å². The van der Waals surface area contributed by atoms with Gasteiger partial charge in [0.25, 0.3) is 0 Å². The number of benzene rings is 1. The first-order chi connectivity index (χ1) is 7.83. The van der Waals surface area contributed by atoms with Crippen LogP contribution in [0.15, 0.2) is 18.2 Å². The van der Waals surface area contributed by atoms with Crippen molar-refractivity contribution in [2.24, 2.45) is 0 Å². The van der Waals surface area contributed by atoms with Gasteiger partial charge in [-0.1, -0.05) is 0 Å². The lowest BCUT2D eigenvalue weighted by Gasteiger charge is -2.11. The van der Waals surface area contributed by atoms with Crippen molar-refractivity contribution in [3.8, 4) is 5.75 Å². The fourth-order valence-electron chi connectivity index (χ4n) is 1.02. The van der Waals surface area contributed by atoms with Gasteiger partial charge in [-0.15, -0.1) is 0 Å². The van der Waals surface area contributed by atoms with Crippen LogP contribution in [0.4, 0.5) is 13.2 Å². The molecule has 0 spiro atoms. The van der Waals surface area contributed by atoms with Crippen molar-refractivity contribution in [1.82, 2.24) is 0 Å². The van der Waals surface area contributed by atoms with Gasteiger partial charge < -0.3 is 9.47 Å². The highest BCUT2D eigenvalue weighted by Crippen LogP contribution is 2.25. The lowest BCUT2D eigenvalue weighted by molar-refractivity contribution is -0.153. The Morgan fingerprint density at radius 2 is 2.06 bits per heavy atom. The summed E-state index contributed by atoms with van der Waals surface area (Å²) in [5.41, 5.74) is 0.144. The second-order valence-corrected chi connectivity index (χ2v) is 4.20. The molecular weight excluding hydrogens is 352 g/mol. The molecule has 1 aromatic carbocycles. The standard InChI is InChI=1S/C10H8F3IO3/c1-16-9(15)6-2-3-7(14)8(4-6)17-5-10(11,12)13/h2-4H,5H2,1H3. The van der Waals surface area contributed by atoms with Gasteiger partial charge in [-0.2, -0.15) is 13.2 Å².